The molecule has 0 amide bonds. The lowest BCUT2D eigenvalue weighted by molar-refractivity contribution is 1.18. The average molecular weight is 511 g/mol. The summed E-state index contributed by atoms with van der Waals surface area (Å²) in [4.78, 5) is 0. The first kappa shape index (κ1) is 22.7. The van der Waals surface area contributed by atoms with Crippen molar-refractivity contribution in [1.82, 2.24) is 9.13 Å². The summed E-state index contributed by atoms with van der Waals surface area (Å²) in [5.41, 5.74) is 13.1. The van der Waals surface area contributed by atoms with Gasteiger partial charge in [0.2, 0.25) is 0 Å². The van der Waals surface area contributed by atoms with Crippen LogP contribution in [0.2, 0.25) is 0 Å². The Morgan fingerprint density at radius 3 is 1.45 bits per heavy atom. The predicted molar refractivity (Wildman–Crippen MR) is 170 cm³/mol. The molecule has 0 radical (unpaired) electrons. The predicted octanol–water partition coefficient (Wildman–Crippen LogP) is 9.93. The van der Waals surface area contributed by atoms with Crippen LogP contribution in [0.25, 0.3) is 60.6 Å². The van der Waals surface area contributed by atoms with Crippen LogP contribution in [-0.2, 0) is 0 Å². The highest BCUT2D eigenvalue weighted by atomic mass is 15.0. The van der Waals surface area contributed by atoms with E-state index < -0.39 is 0 Å². The molecule has 0 saturated carbocycles. The van der Waals surface area contributed by atoms with Crippen molar-refractivity contribution in [2.75, 3.05) is 0 Å². The molecule has 0 spiro atoms. The smallest absolute Gasteiger partial charge is 0.0541 e. The highest BCUT2D eigenvalue weighted by Gasteiger charge is 2.13. The Labute approximate surface area is 232 Å². The van der Waals surface area contributed by atoms with Crippen molar-refractivity contribution < 1.29 is 0 Å². The molecule has 0 fully saturated rings. The largest absolute Gasteiger partial charge is 0.309 e. The Hall–Kier alpha value is -5.30. The highest BCUT2D eigenvalue weighted by Crippen LogP contribution is 2.34. The molecule has 2 heterocycles. The van der Waals surface area contributed by atoms with E-state index in [1.165, 1.54) is 60.4 Å². The molecule has 1 aliphatic carbocycles. The maximum absolute atomic E-state index is 3.48. The third-order valence-corrected chi connectivity index (χ3v) is 8.01. The highest BCUT2D eigenvalue weighted by molar-refractivity contribution is 6.11. The zero-order valence-electron chi connectivity index (χ0n) is 22.0. The Morgan fingerprint density at radius 1 is 0.450 bits per heavy atom. The van der Waals surface area contributed by atoms with Crippen molar-refractivity contribution in [3.63, 3.8) is 0 Å². The first-order chi connectivity index (χ1) is 19.9. The molecule has 0 N–H and O–H groups in total. The molecule has 40 heavy (non-hydrogen) atoms. The normalized spacial score (nSPS) is 16.2. The summed E-state index contributed by atoms with van der Waals surface area (Å²) in [6.07, 6.45) is 9.65. The fraction of sp³-hybridized carbons (Fsp3) is 0.0263. The standard InChI is InChI=1S/C38H26N2/c1-5-19-35-31(15-1)32-16-2-6-20-36(32)39(35)29-13-9-11-27(12-10-14-29)28-23-25-30(26-24-28)40-37-21-7-3-17-33(37)34-18-4-8-22-38(34)40/h1-8,11-26H,9H2/b27-11+,29-13+. The van der Waals surface area contributed by atoms with E-state index in [-0.39, 0.29) is 0 Å². The maximum Gasteiger partial charge on any atom is 0.0541 e. The number of fused-ring (bicyclic) bond motifs is 6. The lowest BCUT2D eigenvalue weighted by Crippen LogP contribution is -1.95. The molecule has 2 nitrogen and oxygen atoms in total. The fourth-order valence-electron chi connectivity index (χ4n) is 6.20. The van der Waals surface area contributed by atoms with Crippen molar-refractivity contribution >= 4 is 54.9 Å². The summed E-state index contributed by atoms with van der Waals surface area (Å²) in [6, 6.07) is 43.5. The van der Waals surface area contributed by atoms with Gasteiger partial charge in [0.15, 0.2) is 0 Å². The number of benzene rings is 5. The summed E-state index contributed by atoms with van der Waals surface area (Å²) in [7, 11) is 0. The van der Waals surface area contributed by atoms with Crippen LogP contribution in [0.5, 0.6) is 0 Å². The van der Waals surface area contributed by atoms with Gasteiger partial charge in [0.25, 0.3) is 0 Å². The zero-order chi connectivity index (χ0) is 26.5. The van der Waals surface area contributed by atoms with E-state index in [1.54, 1.807) is 0 Å². The molecular formula is C38H26N2. The van der Waals surface area contributed by atoms with Crippen LogP contribution in [-0.4, -0.2) is 9.13 Å². The Balaban J connectivity index is 1.15. The number of rotatable bonds is 3. The molecule has 188 valence electrons. The van der Waals surface area contributed by atoms with Crippen molar-refractivity contribution in [2.24, 2.45) is 0 Å². The molecule has 8 rings (SSSR count). The van der Waals surface area contributed by atoms with E-state index in [9.17, 15) is 0 Å². The topological polar surface area (TPSA) is 9.86 Å². The summed E-state index contributed by atoms with van der Waals surface area (Å²) >= 11 is 0. The Kier molecular flexibility index (Phi) is 5.19. The number of nitrogens with zero attached hydrogens (tertiary/aromatic N) is 2. The quantitative estimate of drug-likeness (QED) is 0.209. The average Bonchev–Trinajstić information content (AvgIpc) is 3.51. The van der Waals surface area contributed by atoms with Gasteiger partial charge in [0.05, 0.1) is 27.8 Å². The van der Waals surface area contributed by atoms with Crippen LogP contribution in [0, 0.1) is 0 Å². The van der Waals surface area contributed by atoms with Gasteiger partial charge in [-0.25, -0.2) is 0 Å². The van der Waals surface area contributed by atoms with Crippen LogP contribution >= 0.6 is 0 Å². The zero-order valence-corrected chi connectivity index (χ0v) is 22.0. The van der Waals surface area contributed by atoms with Crippen molar-refractivity contribution in [3.8, 4) is 5.69 Å². The number of allylic oxidation sites excluding steroid dienone is 5. The molecular weight excluding hydrogens is 484 g/mol. The van der Waals surface area contributed by atoms with Crippen LogP contribution in [0.15, 0.2) is 151 Å². The van der Waals surface area contributed by atoms with E-state index >= 15 is 0 Å². The van der Waals surface area contributed by atoms with Crippen molar-refractivity contribution in [2.45, 2.75) is 6.42 Å². The van der Waals surface area contributed by atoms with E-state index in [0.717, 1.165) is 12.1 Å². The van der Waals surface area contributed by atoms with Crippen molar-refractivity contribution in [3.05, 3.63) is 157 Å². The lowest BCUT2D eigenvalue weighted by atomic mass is 10.0. The molecule has 0 unspecified atom stereocenters. The summed E-state index contributed by atoms with van der Waals surface area (Å²) in [5.74, 6) is 0. The minimum Gasteiger partial charge on any atom is -0.309 e. The summed E-state index contributed by atoms with van der Waals surface area (Å²) in [6.45, 7) is 0. The number of hydrogen-bond donors (Lipinski definition) is 0. The van der Waals surface area contributed by atoms with Gasteiger partial charge in [-0.15, -0.1) is 5.73 Å². The van der Waals surface area contributed by atoms with Crippen LogP contribution in [0.3, 0.4) is 0 Å². The van der Waals surface area contributed by atoms with Gasteiger partial charge < -0.3 is 9.13 Å². The van der Waals surface area contributed by atoms with Gasteiger partial charge in [-0.2, -0.15) is 0 Å². The van der Waals surface area contributed by atoms with E-state index in [1.807, 2.05) is 0 Å². The molecule has 7 aromatic rings. The molecule has 0 bridgehead atoms. The molecule has 2 heteroatoms. The Bertz CT molecular complexity index is 2100. The van der Waals surface area contributed by atoms with Gasteiger partial charge >= 0.3 is 0 Å². The Morgan fingerprint density at radius 2 is 0.925 bits per heavy atom. The van der Waals surface area contributed by atoms with Crippen molar-refractivity contribution in [1.29, 1.82) is 0 Å². The van der Waals surface area contributed by atoms with E-state index in [0.29, 0.717) is 0 Å². The van der Waals surface area contributed by atoms with Crippen LogP contribution < -0.4 is 0 Å². The number of para-hydroxylation sites is 4. The first-order valence-corrected chi connectivity index (χ1v) is 13.8. The minimum absolute atomic E-state index is 0.842. The van der Waals surface area contributed by atoms with Gasteiger partial charge in [-0.3, -0.25) is 0 Å². The lowest BCUT2D eigenvalue weighted by Gasteiger charge is -2.11. The minimum atomic E-state index is 0.842. The molecule has 0 atom stereocenters. The van der Waals surface area contributed by atoms with Crippen LogP contribution in [0.1, 0.15) is 12.0 Å². The van der Waals surface area contributed by atoms with Gasteiger partial charge in [-0.1, -0.05) is 97.1 Å². The van der Waals surface area contributed by atoms with Gasteiger partial charge in [-0.05, 0) is 60.0 Å². The monoisotopic (exact) mass is 510 g/mol. The molecule has 0 saturated heterocycles. The second kappa shape index (κ2) is 9.17. The third kappa shape index (κ3) is 3.51. The second-order valence-corrected chi connectivity index (χ2v) is 10.3. The van der Waals surface area contributed by atoms with Gasteiger partial charge in [0, 0.05) is 33.3 Å². The van der Waals surface area contributed by atoms with Crippen LogP contribution in [0.4, 0.5) is 0 Å². The first-order valence-electron chi connectivity index (χ1n) is 13.8. The van der Waals surface area contributed by atoms with Gasteiger partial charge in [0.1, 0.15) is 0 Å². The number of aromatic nitrogens is 2. The fourth-order valence-corrected chi connectivity index (χ4v) is 6.20. The summed E-state index contributed by atoms with van der Waals surface area (Å²) < 4.78 is 4.71. The van der Waals surface area contributed by atoms with E-state index in [2.05, 4.69) is 160 Å². The molecule has 1 aliphatic rings. The molecule has 2 aromatic heterocycles. The molecule has 0 aliphatic heterocycles. The van der Waals surface area contributed by atoms with E-state index in [4.69, 9.17) is 0 Å². The maximum atomic E-state index is 3.48. The second-order valence-electron chi connectivity index (χ2n) is 10.3. The molecule has 5 aromatic carbocycles. The third-order valence-electron chi connectivity index (χ3n) is 8.01. The SMILES string of the molecule is C1=C/C(c2ccc(-n3c4ccccc4c4ccccc43)cc2)=C\C/C=C(/n2c3ccccc3c3ccccc32)C=1. The summed E-state index contributed by atoms with van der Waals surface area (Å²) in [5, 5.41) is 5.11. The number of hydrogen-bond acceptors (Lipinski definition) is 0.